The van der Waals surface area contributed by atoms with Crippen LogP contribution in [0.5, 0.6) is 0 Å². The van der Waals surface area contributed by atoms with E-state index in [1.54, 1.807) is 0 Å². The molecule has 0 radical (unpaired) electrons. The van der Waals surface area contributed by atoms with E-state index >= 15 is 0 Å². The summed E-state index contributed by atoms with van der Waals surface area (Å²) in [6.07, 6.45) is 3.00. The van der Waals surface area contributed by atoms with Crippen molar-refractivity contribution in [2.75, 3.05) is 13.2 Å². The summed E-state index contributed by atoms with van der Waals surface area (Å²) in [5.74, 6) is 0.766. The monoisotopic (exact) mass is 185 g/mol. The summed E-state index contributed by atoms with van der Waals surface area (Å²) in [5.41, 5.74) is 0. The molecular weight excluding hydrogens is 166 g/mol. The van der Waals surface area contributed by atoms with Crippen molar-refractivity contribution in [2.24, 2.45) is 5.92 Å². The lowest BCUT2D eigenvalue weighted by Gasteiger charge is -2.33. The maximum absolute atomic E-state index is 10.9. The van der Waals surface area contributed by atoms with Crippen LogP contribution < -0.4 is 5.32 Å². The van der Waals surface area contributed by atoms with Gasteiger partial charge in [0.1, 0.15) is 0 Å². The average Bonchev–Trinajstić information content (AvgIpc) is 2.01. The molecule has 0 amide bonds. The molecule has 13 heavy (non-hydrogen) atoms. The zero-order valence-corrected chi connectivity index (χ0v) is 8.51. The molecule has 3 nitrogen and oxygen atoms in total. The van der Waals surface area contributed by atoms with Gasteiger partial charge >= 0.3 is 5.97 Å². The Morgan fingerprint density at radius 2 is 2.23 bits per heavy atom. The summed E-state index contributed by atoms with van der Waals surface area (Å²) < 4.78 is 4.82. The fourth-order valence-corrected chi connectivity index (χ4v) is 1.68. The van der Waals surface area contributed by atoms with Gasteiger partial charge in [0.15, 0.2) is 0 Å². The van der Waals surface area contributed by atoms with Gasteiger partial charge in [-0.25, -0.2) is 0 Å². The highest BCUT2D eigenvalue weighted by Gasteiger charge is 2.24. The Morgan fingerprint density at radius 1 is 1.54 bits per heavy atom. The van der Waals surface area contributed by atoms with Crippen LogP contribution in [0.15, 0.2) is 0 Å². The highest BCUT2D eigenvalue weighted by atomic mass is 16.5. The highest BCUT2D eigenvalue weighted by molar-refractivity contribution is 5.69. The molecule has 0 aliphatic heterocycles. The van der Waals surface area contributed by atoms with E-state index in [9.17, 15) is 4.79 Å². The minimum Gasteiger partial charge on any atom is -0.466 e. The number of ether oxygens (including phenoxy) is 1. The number of carbonyl (C=O) groups is 1. The Balaban J connectivity index is 1.92. The highest BCUT2D eigenvalue weighted by Crippen LogP contribution is 2.25. The van der Waals surface area contributed by atoms with Crippen molar-refractivity contribution in [1.82, 2.24) is 5.32 Å². The third kappa shape index (κ3) is 3.77. The molecule has 3 heteroatoms. The van der Waals surface area contributed by atoms with Crippen molar-refractivity contribution < 1.29 is 9.53 Å². The van der Waals surface area contributed by atoms with Crippen molar-refractivity contribution >= 4 is 5.97 Å². The lowest BCUT2D eigenvalue weighted by molar-refractivity contribution is -0.143. The van der Waals surface area contributed by atoms with E-state index in [2.05, 4.69) is 12.2 Å². The molecule has 1 saturated carbocycles. The normalized spacial score (nSPS) is 26.6. The van der Waals surface area contributed by atoms with Gasteiger partial charge < -0.3 is 10.1 Å². The molecule has 0 aromatic heterocycles. The number of esters is 1. The molecular formula is C10H19NO2. The SMILES string of the molecule is CCOC(=O)CCNC1CC(C)C1. The third-order valence-corrected chi connectivity index (χ3v) is 2.44. The molecule has 0 saturated heterocycles. The lowest BCUT2D eigenvalue weighted by Crippen LogP contribution is -2.41. The Hall–Kier alpha value is -0.570. The molecule has 76 valence electrons. The first-order valence-corrected chi connectivity index (χ1v) is 5.11. The summed E-state index contributed by atoms with van der Waals surface area (Å²) in [6, 6.07) is 0.643. The van der Waals surface area contributed by atoms with E-state index in [0.717, 1.165) is 12.5 Å². The lowest BCUT2D eigenvalue weighted by atomic mass is 9.82. The number of hydrogen-bond acceptors (Lipinski definition) is 3. The largest absolute Gasteiger partial charge is 0.466 e. The fourth-order valence-electron chi connectivity index (χ4n) is 1.68. The van der Waals surface area contributed by atoms with Gasteiger partial charge in [-0.05, 0) is 25.7 Å². The van der Waals surface area contributed by atoms with Gasteiger partial charge in [-0.2, -0.15) is 0 Å². The molecule has 0 atom stereocenters. The smallest absolute Gasteiger partial charge is 0.307 e. The average molecular weight is 185 g/mol. The Morgan fingerprint density at radius 3 is 2.77 bits per heavy atom. The van der Waals surface area contributed by atoms with Crippen molar-refractivity contribution in [3.05, 3.63) is 0 Å². The standard InChI is InChI=1S/C10H19NO2/c1-3-13-10(12)4-5-11-9-6-8(2)7-9/h8-9,11H,3-7H2,1-2H3. The van der Waals surface area contributed by atoms with Gasteiger partial charge in [0, 0.05) is 12.6 Å². The van der Waals surface area contributed by atoms with Crippen LogP contribution in [0, 0.1) is 5.92 Å². The maximum Gasteiger partial charge on any atom is 0.307 e. The van der Waals surface area contributed by atoms with Crippen molar-refractivity contribution in [2.45, 2.75) is 39.2 Å². The van der Waals surface area contributed by atoms with E-state index in [1.807, 2.05) is 6.92 Å². The zero-order valence-electron chi connectivity index (χ0n) is 8.51. The minimum absolute atomic E-state index is 0.0950. The Labute approximate surface area is 79.8 Å². The second-order valence-electron chi connectivity index (χ2n) is 3.78. The van der Waals surface area contributed by atoms with Gasteiger partial charge in [0.25, 0.3) is 0 Å². The molecule has 0 unspecified atom stereocenters. The van der Waals surface area contributed by atoms with E-state index in [1.165, 1.54) is 12.8 Å². The summed E-state index contributed by atoms with van der Waals surface area (Å²) in [6.45, 7) is 5.33. The summed E-state index contributed by atoms with van der Waals surface area (Å²) in [4.78, 5) is 10.9. The molecule has 1 aliphatic rings. The van der Waals surface area contributed by atoms with Crippen molar-refractivity contribution in [3.63, 3.8) is 0 Å². The van der Waals surface area contributed by atoms with Crippen LogP contribution in [0.3, 0.4) is 0 Å². The Kier molecular flexibility index (Phi) is 4.22. The quantitative estimate of drug-likeness (QED) is 0.657. The van der Waals surface area contributed by atoms with Crippen LogP contribution in [-0.2, 0) is 9.53 Å². The second kappa shape index (κ2) is 5.22. The third-order valence-electron chi connectivity index (χ3n) is 2.44. The van der Waals surface area contributed by atoms with Gasteiger partial charge in [-0.1, -0.05) is 6.92 Å². The molecule has 0 spiro atoms. The number of rotatable bonds is 5. The summed E-state index contributed by atoms with van der Waals surface area (Å²) >= 11 is 0. The predicted molar refractivity (Wildman–Crippen MR) is 51.4 cm³/mol. The van der Waals surface area contributed by atoms with E-state index in [4.69, 9.17) is 4.74 Å². The van der Waals surface area contributed by atoms with Crippen LogP contribution in [0.25, 0.3) is 0 Å². The van der Waals surface area contributed by atoms with Gasteiger partial charge in [-0.3, -0.25) is 4.79 Å². The molecule has 1 aliphatic carbocycles. The van der Waals surface area contributed by atoms with Crippen LogP contribution in [0.2, 0.25) is 0 Å². The van der Waals surface area contributed by atoms with E-state index in [0.29, 0.717) is 19.1 Å². The number of carbonyl (C=O) groups excluding carboxylic acids is 1. The number of nitrogens with one attached hydrogen (secondary N) is 1. The molecule has 0 bridgehead atoms. The summed E-state index contributed by atoms with van der Waals surface area (Å²) in [7, 11) is 0. The molecule has 0 heterocycles. The second-order valence-corrected chi connectivity index (χ2v) is 3.78. The molecule has 1 fully saturated rings. The van der Waals surface area contributed by atoms with Crippen molar-refractivity contribution in [3.8, 4) is 0 Å². The van der Waals surface area contributed by atoms with Crippen LogP contribution >= 0.6 is 0 Å². The predicted octanol–water partition coefficient (Wildman–Crippen LogP) is 1.33. The fraction of sp³-hybridized carbons (Fsp3) is 0.900. The summed E-state index contributed by atoms with van der Waals surface area (Å²) in [5, 5.41) is 3.34. The van der Waals surface area contributed by atoms with E-state index in [-0.39, 0.29) is 5.97 Å². The minimum atomic E-state index is -0.0950. The first kappa shape index (κ1) is 10.5. The van der Waals surface area contributed by atoms with Crippen LogP contribution in [0.1, 0.15) is 33.1 Å². The van der Waals surface area contributed by atoms with Crippen LogP contribution in [-0.4, -0.2) is 25.2 Å². The molecule has 0 aromatic rings. The Bertz CT molecular complexity index is 164. The first-order chi connectivity index (χ1) is 6.22. The van der Waals surface area contributed by atoms with Crippen LogP contribution in [0.4, 0.5) is 0 Å². The zero-order chi connectivity index (χ0) is 9.68. The van der Waals surface area contributed by atoms with Crippen molar-refractivity contribution in [1.29, 1.82) is 0 Å². The first-order valence-electron chi connectivity index (χ1n) is 5.11. The molecule has 1 rings (SSSR count). The van der Waals surface area contributed by atoms with E-state index < -0.39 is 0 Å². The maximum atomic E-state index is 10.9. The number of hydrogen-bond donors (Lipinski definition) is 1. The van der Waals surface area contributed by atoms with Gasteiger partial charge in [-0.15, -0.1) is 0 Å². The molecule has 1 N–H and O–H groups in total. The topological polar surface area (TPSA) is 38.3 Å². The van der Waals surface area contributed by atoms with Gasteiger partial charge in [0.05, 0.1) is 13.0 Å². The van der Waals surface area contributed by atoms with Gasteiger partial charge in [0.2, 0.25) is 0 Å². The molecule has 0 aromatic carbocycles.